The average molecular weight is 571 g/mol. The summed E-state index contributed by atoms with van der Waals surface area (Å²) < 4.78 is 16.8. The molecule has 1 heterocycles. The summed E-state index contributed by atoms with van der Waals surface area (Å²) in [7, 11) is 2.91. The summed E-state index contributed by atoms with van der Waals surface area (Å²) in [5.74, 6) is 0.330. The van der Waals surface area contributed by atoms with Gasteiger partial charge < -0.3 is 19.5 Å². The van der Waals surface area contributed by atoms with Gasteiger partial charge in [0.1, 0.15) is 10.6 Å². The molecular formula is C28H28BrNO5S. The number of carbonyl (C=O) groups excluding carboxylic acids is 2. The fourth-order valence-electron chi connectivity index (χ4n) is 4.31. The molecule has 36 heavy (non-hydrogen) atoms. The van der Waals surface area contributed by atoms with Crippen molar-refractivity contribution in [1.82, 2.24) is 0 Å². The van der Waals surface area contributed by atoms with Crippen molar-refractivity contribution in [3.8, 4) is 22.6 Å². The van der Waals surface area contributed by atoms with Crippen LogP contribution in [0.5, 0.6) is 11.5 Å². The molecule has 1 aliphatic rings. The molecule has 6 nitrogen and oxygen atoms in total. The maximum absolute atomic E-state index is 12.8. The van der Waals surface area contributed by atoms with E-state index in [1.165, 1.54) is 48.5 Å². The lowest BCUT2D eigenvalue weighted by Gasteiger charge is -2.16. The van der Waals surface area contributed by atoms with E-state index in [4.69, 9.17) is 14.2 Å². The summed E-state index contributed by atoms with van der Waals surface area (Å²) in [5.41, 5.74) is 5.54. The van der Waals surface area contributed by atoms with E-state index >= 15 is 0 Å². The molecule has 3 aromatic rings. The third kappa shape index (κ3) is 5.65. The van der Waals surface area contributed by atoms with Crippen LogP contribution < -0.4 is 14.8 Å². The Bertz CT molecular complexity index is 1310. The van der Waals surface area contributed by atoms with Crippen molar-refractivity contribution in [2.75, 3.05) is 26.1 Å². The van der Waals surface area contributed by atoms with Crippen molar-refractivity contribution in [2.45, 2.75) is 32.6 Å². The zero-order valence-electron chi connectivity index (χ0n) is 20.5. The Morgan fingerprint density at radius 3 is 2.61 bits per heavy atom. The molecule has 1 aromatic heterocycles. The van der Waals surface area contributed by atoms with Crippen molar-refractivity contribution in [2.24, 2.45) is 0 Å². The van der Waals surface area contributed by atoms with Gasteiger partial charge in [-0.1, -0.05) is 18.2 Å². The van der Waals surface area contributed by atoms with Crippen molar-refractivity contribution >= 4 is 50.2 Å². The van der Waals surface area contributed by atoms with E-state index in [1.807, 2.05) is 24.4 Å². The van der Waals surface area contributed by atoms with E-state index in [0.717, 1.165) is 34.0 Å². The quantitative estimate of drug-likeness (QED) is 0.236. The highest BCUT2D eigenvalue weighted by Crippen LogP contribution is 2.39. The smallest absolute Gasteiger partial charge is 0.341 e. The van der Waals surface area contributed by atoms with Crippen LogP contribution >= 0.6 is 27.3 Å². The van der Waals surface area contributed by atoms with E-state index in [2.05, 4.69) is 33.4 Å². The van der Waals surface area contributed by atoms with Crippen LogP contribution in [0.25, 0.3) is 17.2 Å². The van der Waals surface area contributed by atoms with Crippen LogP contribution in [-0.4, -0.2) is 32.7 Å². The molecule has 1 N–H and O–H groups in total. The predicted octanol–water partition coefficient (Wildman–Crippen LogP) is 6.90. The number of hydrogen-bond acceptors (Lipinski definition) is 6. The third-order valence-corrected chi connectivity index (χ3v) is 7.53. The summed E-state index contributed by atoms with van der Waals surface area (Å²) in [4.78, 5) is 25.5. The van der Waals surface area contributed by atoms with E-state index in [0.29, 0.717) is 28.7 Å². The van der Waals surface area contributed by atoms with Crippen molar-refractivity contribution in [3.05, 3.63) is 68.5 Å². The minimum Gasteiger partial charge on any atom is -0.493 e. The van der Waals surface area contributed by atoms with Crippen LogP contribution in [0.3, 0.4) is 0 Å². The maximum atomic E-state index is 12.8. The number of ether oxygens (including phenoxy) is 3. The van der Waals surface area contributed by atoms with Crippen LogP contribution in [-0.2, 0) is 22.4 Å². The zero-order valence-corrected chi connectivity index (χ0v) is 22.9. The van der Waals surface area contributed by atoms with Crippen molar-refractivity contribution < 1.29 is 23.8 Å². The van der Waals surface area contributed by atoms with Gasteiger partial charge in [0.25, 0.3) is 0 Å². The molecular weight excluding hydrogens is 542 g/mol. The van der Waals surface area contributed by atoms with Gasteiger partial charge in [0.05, 0.1) is 25.3 Å². The van der Waals surface area contributed by atoms with Crippen LogP contribution in [0.1, 0.15) is 46.8 Å². The Kier molecular flexibility index (Phi) is 8.48. The maximum Gasteiger partial charge on any atom is 0.341 e. The summed E-state index contributed by atoms with van der Waals surface area (Å²) in [6.07, 6.45) is 7.61. The Morgan fingerprint density at radius 1 is 1.11 bits per heavy atom. The summed E-state index contributed by atoms with van der Waals surface area (Å²) in [5, 5.41) is 5.19. The largest absolute Gasteiger partial charge is 0.493 e. The van der Waals surface area contributed by atoms with Gasteiger partial charge in [0, 0.05) is 17.0 Å². The van der Waals surface area contributed by atoms with E-state index in [1.54, 1.807) is 19.3 Å². The number of thiophene rings is 1. The number of aryl methyl sites for hydroxylation is 2. The number of esters is 1. The number of benzene rings is 2. The highest BCUT2D eigenvalue weighted by molar-refractivity contribution is 9.10. The molecule has 1 amide bonds. The first-order valence-electron chi connectivity index (χ1n) is 11.8. The van der Waals surface area contributed by atoms with Gasteiger partial charge in [-0.2, -0.15) is 0 Å². The van der Waals surface area contributed by atoms with Gasteiger partial charge in [0.2, 0.25) is 5.91 Å². The molecule has 0 unspecified atom stereocenters. The van der Waals surface area contributed by atoms with Crippen LogP contribution in [0.4, 0.5) is 5.00 Å². The van der Waals surface area contributed by atoms with Gasteiger partial charge in [-0.15, -0.1) is 11.3 Å². The molecule has 0 fully saturated rings. The molecule has 1 aliphatic carbocycles. The van der Waals surface area contributed by atoms with E-state index in [-0.39, 0.29) is 5.91 Å². The normalized spacial score (nSPS) is 12.8. The number of methoxy groups -OCH3 is 2. The Balaban J connectivity index is 1.58. The molecule has 4 rings (SSSR count). The molecule has 0 bridgehead atoms. The van der Waals surface area contributed by atoms with Gasteiger partial charge >= 0.3 is 5.97 Å². The van der Waals surface area contributed by atoms with Crippen molar-refractivity contribution in [1.29, 1.82) is 0 Å². The second kappa shape index (κ2) is 11.8. The number of fused-ring (bicyclic) bond motifs is 1. The lowest BCUT2D eigenvalue weighted by molar-refractivity contribution is -0.111. The molecule has 0 radical (unpaired) electrons. The Morgan fingerprint density at radius 2 is 1.89 bits per heavy atom. The van der Waals surface area contributed by atoms with Gasteiger partial charge in [0.15, 0.2) is 11.5 Å². The Labute approximate surface area is 223 Å². The van der Waals surface area contributed by atoms with Gasteiger partial charge in [-0.05, 0) is 89.0 Å². The van der Waals surface area contributed by atoms with Crippen LogP contribution in [0.15, 0.2) is 46.3 Å². The molecule has 8 heteroatoms. The highest BCUT2D eigenvalue weighted by Gasteiger charge is 2.23. The van der Waals surface area contributed by atoms with Gasteiger partial charge in [-0.25, -0.2) is 4.79 Å². The minimum atomic E-state index is -0.483. The van der Waals surface area contributed by atoms with Crippen LogP contribution in [0, 0.1) is 0 Å². The first-order valence-corrected chi connectivity index (χ1v) is 13.4. The minimum absolute atomic E-state index is 0.358. The SMILES string of the molecule is CCOc1c(Br)cc(/C=C/C(=O)Nc2scc(-c3ccc4c(c3)CCCC4)c2C(=O)OC)cc1OC. The fourth-order valence-corrected chi connectivity index (χ4v) is 5.85. The number of nitrogens with one attached hydrogen (secondary N) is 1. The first-order chi connectivity index (χ1) is 17.4. The summed E-state index contributed by atoms with van der Waals surface area (Å²) >= 11 is 4.80. The second-order valence-corrected chi connectivity index (χ2v) is 10.1. The average Bonchev–Trinajstić information content (AvgIpc) is 3.31. The van der Waals surface area contributed by atoms with E-state index < -0.39 is 5.97 Å². The number of anilines is 1. The second-order valence-electron chi connectivity index (χ2n) is 8.33. The fraction of sp³-hybridized carbons (Fsp3) is 0.286. The summed E-state index contributed by atoms with van der Waals surface area (Å²) in [6.45, 7) is 2.40. The highest BCUT2D eigenvalue weighted by atomic mass is 79.9. The zero-order chi connectivity index (χ0) is 25.7. The van der Waals surface area contributed by atoms with Crippen LogP contribution in [0.2, 0.25) is 0 Å². The summed E-state index contributed by atoms with van der Waals surface area (Å²) in [6, 6.07) is 9.98. The Hall–Kier alpha value is -3.10. The monoisotopic (exact) mass is 569 g/mol. The molecule has 0 atom stereocenters. The molecule has 0 saturated heterocycles. The van der Waals surface area contributed by atoms with E-state index in [9.17, 15) is 9.59 Å². The standard InChI is InChI=1S/C28H28BrNO5S/c1-4-35-26-22(29)13-17(14-23(26)33-2)9-12-24(31)30-27-25(28(32)34-3)21(16-36-27)20-11-10-18-7-5-6-8-19(18)15-20/h9-16H,4-8H2,1-3H3,(H,30,31)/b12-9+. The topological polar surface area (TPSA) is 73.9 Å². The number of rotatable bonds is 8. The van der Waals surface area contributed by atoms with Crippen molar-refractivity contribution in [3.63, 3.8) is 0 Å². The lowest BCUT2D eigenvalue weighted by atomic mass is 9.89. The molecule has 0 saturated carbocycles. The number of carbonyl (C=O) groups is 2. The molecule has 188 valence electrons. The molecule has 0 spiro atoms. The molecule has 2 aromatic carbocycles. The predicted molar refractivity (Wildman–Crippen MR) is 147 cm³/mol. The number of halogens is 1. The van der Waals surface area contributed by atoms with Gasteiger partial charge in [-0.3, -0.25) is 4.79 Å². The third-order valence-electron chi connectivity index (χ3n) is 6.04. The number of hydrogen-bond donors (Lipinski definition) is 1. The lowest BCUT2D eigenvalue weighted by Crippen LogP contribution is -2.11. The number of amides is 1. The first kappa shape index (κ1) is 26.0. The molecule has 0 aliphatic heterocycles.